The smallest absolute Gasteiger partial charge is 0.335 e. The molecule has 0 aliphatic rings. The van der Waals surface area contributed by atoms with Gasteiger partial charge in [0.2, 0.25) is 0 Å². The Hall–Kier alpha value is -2.88. The minimum Gasteiger partial charge on any atom is -0.478 e. The molecule has 0 radical (unpaired) electrons. The van der Waals surface area contributed by atoms with Gasteiger partial charge in [-0.15, -0.1) is 0 Å². The van der Waals surface area contributed by atoms with E-state index in [9.17, 15) is 4.79 Å². The van der Waals surface area contributed by atoms with Gasteiger partial charge >= 0.3 is 5.97 Å². The number of carbonyl (C=O) groups is 1. The number of aromatic carboxylic acids is 1. The van der Waals surface area contributed by atoms with E-state index in [1.165, 1.54) is 5.56 Å². The molecule has 0 amide bonds. The molecule has 0 saturated carbocycles. The van der Waals surface area contributed by atoms with Crippen molar-refractivity contribution in [2.24, 2.45) is 0 Å². The van der Waals surface area contributed by atoms with Gasteiger partial charge in [0.1, 0.15) is 0 Å². The molecule has 1 heterocycles. The van der Waals surface area contributed by atoms with Crippen molar-refractivity contribution >= 4 is 28.2 Å². The normalized spacial score (nSPS) is 10.6. The van der Waals surface area contributed by atoms with Crippen LogP contribution in [-0.2, 0) is 0 Å². The number of aryl methyl sites for hydroxylation is 2. The zero-order chi connectivity index (χ0) is 15.7. The molecule has 3 aromatic rings. The summed E-state index contributed by atoms with van der Waals surface area (Å²) in [5, 5.41) is 13.3. The van der Waals surface area contributed by atoms with Gasteiger partial charge in [0.05, 0.1) is 11.1 Å². The van der Waals surface area contributed by atoms with Crippen LogP contribution in [-0.4, -0.2) is 16.1 Å². The van der Waals surface area contributed by atoms with E-state index in [2.05, 4.69) is 16.4 Å². The standard InChI is InChI=1S/C18H16N2O2/c1-11-3-8-16-15(9-11)17(10-12(2)19-16)20-14-6-4-13(5-7-14)18(21)22/h3-10H,1-2H3,(H,19,20)(H,21,22). The van der Waals surface area contributed by atoms with Gasteiger partial charge in [0.15, 0.2) is 0 Å². The lowest BCUT2D eigenvalue weighted by Crippen LogP contribution is -1.98. The number of rotatable bonds is 3. The van der Waals surface area contributed by atoms with Gasteiger partial charge in [-0.3, -0.25) is 4.98 Å². The van der Waals surface area contributed by atoms with Gasteiger partial charge in [0.25, 0.3) is 0 Å². The van der Waals surface area contributed by atoms with Gasteiger partial charge < -0.3 is 10.4 Å². The highest BCUT2D eigenvalue weighted by Gasteiger charge is 2.06. The van der Waals surface area contributed by atoms with Gasteiger partial charge in [-0.1, -0.05) is 11.6 Å². The highest BCUT2D eigenvalue weighted by Crippen LogP contribution is 2.27. The van der Waals surface area contributed by atoms with Crippen LogP contribution in [0.2, 0.25) is 0 Å². The number of hydrogen-bond donors (Lipinski definition) is 2. The van der Waals surface area contributed by atoms with Crippen molar-refractivity contribution < 1.29 is 9.90 Å². The van der Waals surface area contributed by atoms with Crippen molar-refractivity contribution in [3.8, 4) is 0 Å². The number of anilines is 2. The first-order chi connectivity index (χ1) is 10.5. The molecule has 0 aliphatic heterocycles. The average Bonchev–Trinajstić information content (AvgIpc) is 2.48. The summed E-state index contributed by atoms with van der Waals surface area (Å²) < 4.78 is 0. The molecule has 2 N–H and O–H groups in total. The van der Waals surface area contributed by atoms with Gasteiger partial charge in [-0.05, 0) is 56.3 Å². The second-order valence-electron chi connectivity index (χ2n) is 5.34. The molecule has 4 heteroatoms. The van der Waals surface area contributed by atoms with Crippen molar-refractivity contribution in [1.29, 1.82) is 0 Å². The van der Waals surface area contributed by atoms with E-state index in [-0.39, 0.29) is 5.56 Å². The average molecular weight is 292 g/mol. The van der Waals surface area contributed by atoms with E-state index in [1.807, 2.05) is 32.0 Å². The third-order valence-corrected chi connectivity index (χ3v) is 3.50. The highest BCUT2D eigenvalue weighted by atomic mass is 16.4. The summed E-state index contributed by atoms with van der Waals surface area (Å²) in [5.41, 5.74) is 5.13. The Labute approximate surface area is 128 Å². The maximum absolute atomic E-state index is 10.9. The summed E-state index contributed by atoms with van der Waals surface area (Å²) in [6.45, 7) is 4.00. The molecule has 0 saturated heterocycles. The number of benzene rings is 2. The van der Waals surface area contributed by atoms with Crippen molar-refractivity contribution in [2.75, 3.05) is 5.32 Å². The van der Waals surface area contributed by atoms with Crippen LogP contribution in [0, 0.1) is 13.8 Å². The van der Waals surface area contributed by atoms with E-state index >= 15 is 0 Å². The Morgan fingerprint density at radius 1 is 1.05 bits per heavy atom. The summed E-state index contributed by atoms with van der Waals surface area (Å²) >= 11 is 0. The largest absolute Gasteiger partial charge is 0.478 e. The topological polar surface area (TPSA) is 62.2 Å². The maximum Gasteiger partial charge on any atom is 0.335 e. The van der Waals surface area contributed by atoms with E-state index in [0.717, 1.165) is 28.0 Å². The molecule has 0 aliphatic carbocycles. The number of nitrogens with zero attached hydrogens (tertiary/aromatic N) is 1. The first kappa shape index (κ1) is 14.1. The zero-order valence-corrected chi connectivity index (χ0v) is 12.4. The summed E-state index contributed by atoms with van der Waals surface area (Å²) in [5.74, 6) is -0.924. The molecule has 0 spiro atoms. The predicted octanol–water partition coefficient (Wildman–Crippen LogP) is 4.29. The number of aromatic nitrogens is 1. The molecular formula is C18H16N2O2. The first-order valence-electron chi connectivity index (χ1n) is 7.01. The van der Waals surface area contributed by atoms with Crippen LogP contribution >= 0.6 is 0 Å². The van der Waals surface area contributed by atoms with Gasteiger partial charge in [-0.2, -0.15) is 0 Å². The van der Waals surface area contributed by atoms with Crippen LogP contribution < -0.4 is 5.32 Å². The molecular weight excluding hydrogens is 276 g/mol. The predicted molar refractivity (Wildman–Crippen MR) is 87.9 cm³/mol. The lowest BCUT2D eigenvalue weighted by Gasteiger charge is -2.11. The number of carboxylic acid groups (broad SMARTS) is 1. The summed E-state index contributed by atoms with van der Waals surface area (Å²) in [7, 11) is 0. The van der Waals surface area contributed by atoms with E-state index in [1.54, 1.807) is 24.3 Å². The number of nitrogens with one attached hydrogen (secondary N) is 1. The Bertz CT molecular complexity index is 855. The molecule has 4 nitrogen and oxygen atoms in total. The summed E-state index contributed by atoms with van der Waals surface area (Å²) in [6, 6.07) is 14.8. The fourth-order valence-corrected chi connectivity index (χ4v) is 2.43. The second kappa shape index (κ2) is 5.48. The fourth-order valence-electron chi connectivity index (χ4n) is 2.43. The molecule has 22 heavy (non-hydrogen) atoms. The number of pyridine rings is 1. The van der Waals surface area contributed by atoms with Crippen molar-refractivity contribution in [3.63, 3.8) is 0 Å². The van der Waals surface area contributed by atoms with Gasteiger partial charge in [0, 0.05) is 22.5 Å². The van der Waals surface area contributed by atoms with Crippen molar-refractivity contribution in [3.05, 3.63) is 65.4 Å². The molecule has 1 aromatic heterocycles. The molecule has 3 rings (SSSR count). The summed E-state index contributed by atoms with van der Waals surface area (Å²) in [4.78, 5) is 15.4. The Balaban J connectivity index is 2.02. The molecule has 0 unspecified atom stereocenters. The van der Waals surface area contributed by atoms with Crippen LogP contribution in [0.5, 0.6) is 0 Å². The Kier molecular flexibility index (Phi) is 3.51. The first-order valence-corrected chi connectivity index (χ1v) is 7.01. The molecule has 0 fully saturated rings. The van der Waals surface area contributed by atoms with E-state index < -0.39 is 5.97 Å². The van der Waals surface area contributed by atoms with Gasteiger partial charge in [-0.25, -0.2) is 4.79 Å². The van der Waals surface area contributed by atoms with Crippen LogP contribution in [0.3, 0.4) is 0 Å². The Morgan fingerprint density at radius 3 is 2.45 bits per heavy atom. The highest BCUT2D eigenvalue weighted by molar-refractivity contribution is 5.94. The maximum atomic E-state index is 10.9. The molecule has 0 atom stereocenters. The molecule has 2 aromatic carbocycles. The zero-order valence-electron chi connectivity index (χ0n) is 12.4. The van der Waals surface area contributed by atoms with E-state index in [0.29, 0.717) is 0 Å². The fraction of sp³-hybridized carbons (Fsp3) is 0.111. The Morgan fingerprint density at radius 2 is 1.77 bits per heavy atom. The quantitative estimate of drug-likeness (QED) is 0.755. The number of fused-ring (bicyclic) bond motifs is 1. The second-order valence-corrected chi connectivity index (χ2v) is 5.34. The monoisotopic (exact) mass is 292 g/mol. The lowest BCUT2D eigenvalue weighted by molar-refractivity contribution is 0.0697. The minimum atomic E-state index is -0.924. The number of carboxylic acids is 1. The SMILES string of the molecule is Cc1ccc2nc(C)cc(Nc3ccc(C(=O)O)cc3)c2c1. The van der Waals surface area contributed by atoms with Crippen LogP contribution in [0.25, 0.3) is 10.9 Å². The van der Waals surface area contributed by atoms with Crippen LogP contribution in [0.1, 0.15) is 21.6 Å². The lowest BCUT2D eigenvalue weighted by atomic mass is 10.1. The van der Waals surface area contributed by atoms with Crippen molar-refractivity contribution in [1.82, 2.24) is 4.98 Å². The third kappa shape index (κ3) is 2.76. The molecule has 110 valence electrons. The van der Waals surface area contributed by atoms with Crippen LogP contribution in [0.15, 0.2) is 48.5 Å². The van der Waals surface area contributed by atoms with Crippen molar-refractivity contribution in [2.45, 2.75) is 13.8 Å². The molecule has 0 bridgehead atoms. The van der Waals surface area contributed by atoms with Crippen LogP contribution in [0.4, 0.5) is 11.4 Å². The third-order valence-electron chi connectivity index (χ3n) is 3.50. The number of hydrogen-bond acceptors (Lipinski definition) is 3. The summed E-state index contributed by atoms with van der Waals surface area (Å²) in [6.07, 6.45) is 0. The minimum absolute atomic E-state index is 0.275. The van der Waals surface area contributed by atoms with E-state index in [4.69, 9.17) is 5.11 Å².